The summed E-state index contributed by atoms with van der Waals surface area (Å²) in [4.78, 5) is 21.2. The molecule has 40 heavy (non-hydrogen) atoms. The van der Waals surface area contributed by atoms with Crippen molar-refractivity contribution in [3.05, 3.63) is 65.2 Å². The number of methoxy groups -OCH3 is 1. The minimum atomic E-state index is -0.652. The second kappa shape index (κ2) is 12.4. The third-order valence-corrected chi connectivity index (χ3v) is 9.36. The molecule has 1 fully saturated rings. The number of carbonyl (C=O) groups is 1. The molecule has 0 amide bonds. The first-order valence-electron chi connectivity index (χ1n) is 15.0. The van der Waals surface area contributed by atoms with Crippen molar-refractivity contribution in [1.82, 2.24) is 15.3 Å². The molecular weight excluding hydrogens is 505 g/mol. The van der Waals surface area contributed by atoms with Crippen molar-refractivity contribution in [3.8, 4) is 0 Å². The second-order valence-corrected chi connectivity index (χ2v) is 12.3. The van der Waals surface area contributed by atoms with E-state index in [0.29, 0.717) is 37.1 Å². The first-order valence-corrected chi connectivity index (χ1v) is 15.0. The van der Waals surface area contributed by atoms with Gasteiger partial charge in [-0.05, 0) is 99.2 Å². The Bertz CT molecular complexity index is 1270. The molecule has 1 unspecified atom stereocenters. The lowest BCUT2D eigenvalue weighted by molar-refractivity contribution is -0.171. The Labute approximate surface area is 237 Å². The van der Waals surface area contributed by atoms with E-state index in [-0.39, 0.29) is 30.2 Å². The highest BCUT2D eigenvalue weighted by atomic mass is 19.1. The van der Waals surface area contributed by atoms with Gasteiger partial charge in [0.25, 0.3) is 0 Å². The molecule has 0 spiro atoms. The number of benzene rings is 2. The minimum Gasteiger partial charge on any atom is -0.457 e. The van der Waals surface area contributed by atoms with E-state index >= 15 is 0 Å². The standard InChI is InChI=1S/C33H44FN3O3/c1-21(2)31-27-14-13-26(34)19-25(27)15-16-33(31,40-30(38)20-39-4)17-18-35-22(3)23-9-11-24(12-10-23)32-36-28-7-5-6-8-29(28)37-32/h5-8,13-14,19,21-24,31,35H,9-12,15-18,20H2,1-4H3,(H,36,37)/t22?,23-,24-,31-,33-/m0/s1. The number of para-hydroxylation sites is 2. The molecule has 6 nitrogen and oxygen atoms in total. The number of rotatable bonds is 10. The maximum Gasteiger partial charge on any atom is 0.332 e. The summed E-state index contributed by atoms with van der Waals surface area (Å²) in [5.41, 5.74) is 3.64. The van der Waals surface area contributed by atoms with Crippen LogP contribution in [0.15, 0.2) is 42.5 Å². The Morgan fingerprint density at radius 3 is 2.65 bits per heavy atom. The Kier molecular flexibility index (Phi) is 8.91. The number of aromatic nitrogens is 2. The molecule has 1 saturated carbocycles. The van der Waals surface area contributed by atoms with Crippen molar-refractivity contribution in [2.75, 3.05) is 20.3 Å². The number of hydrogen-bond acceptors (Lipinski definition) is 5. The molecule has 2 N–H and O–H groups in total. The molecule has 1 heterocycles. The highest BCUT2D eigenvalue weighted by Gasteiger charge is 2.47. The first kappa shape index (κ1) is 28.7. The van der Waals surface area contributed by atoms with Gasteiger partial charge < -0.3 is 19.8 Å². The average molecular weight is 550 g/mol. The molecule has 0 aliphatic heterocycles. The van der Waals surface area contributed by atoms with Crippen LogP contribution in [0.25, 0.3) is 11.0 Å². The zero-order valence-electron chi connectivity index (χ0n) is 24.3. The third-order valence-electron chi connectivity index (χ3n) is 9.36. The van der Waals surface area contributed by atoms with Crippen LogP contribution in [0, 0.1) is 17.7 Å². The molecule has 216 valence electrons. The van der Waals surface area contributed by atoms with E-state index in [2.05, 4.69) is 43.2 Å². The van der Waals surface area contributed by atoms with Crippen LogP contribution in [0.4, 0.5) is 4.39 Å². The molecule has 0 saturated heterocycles. The van der Waals surface area contributed by atoms with Crippen molar-refractivity contribution >= 4 is 17.0 Å². The van der Waals surface area contributed by atoms with Gasteiger partial charge in [0.2, 0.25) is 0 Å². The van der Waals surface area contributed by atoms with Gasteiger partial charge in [-0.15, -0.1) is 0 Å². The van der Waals surface area contributed by atoms with Gasteiger partial charge in [-0.2, -0.15) is 0 Å². The molecule has 0 radical (unpaired) electrons. The predicted molar refractivity (Wildman–Crippen MR) is 156 cm³/mol. The highest BCUT2D eigenvalue weighted by molar-refractivity contribution is 5.74. The van der Waals surface area contributed by atoms with Crippen LogP contribution in [0.5, 0.6) is 0 Å². The number of nitrogens with one attached hydrogen (secondary N) is 2. The summed E-state index contributed by atoms with van der Waals surface area (Å²) in [6, 6.07) is 13.7. The second-order valence-electron chi connectivity index (χ2n) is 12.3. The van der Waals surface area contributed by atoms with Gasteiger partial charge in [-0.1, -0.05) is 32.0 Å². The van der Waals surface area contributed by atoms with Crippen LogP contribution >= 0.6 is 0 Å². The van der Waals surface area contributed by atoms with Crippen molar-refractivity contribution in [2.45, 2.75) is 89.2 Å². The maximum absolute atomic E-state index is 14.0. The summed E-state index contributed by atoms with van der Waals surface area (Å²) in [7, 11) is 1.51. The predicted octanol–water partition coefficient (Wildman–Crippen LogP) is 6.66. The summed E-state index contributed by atoms with van der Waals surface area (Å²) >= 11 is 0. The van der Waals surface area contributed by atoms with Crippen LogP contribution < -0.4 is 5.32 Å². The number of esters is 1. The lowest BCUT2D eigenvalue weighted by atomic mass is 9.65. The van der Waals surface area contributed by atoms with E-state index in [0.717, 1.165) is 60.2 Å². The van der Waals surface area contributed by atoms with Crippen LogP contribution in [0.1, 0.15) is 88.1 Å². The van der Waals surface area contributed by atoms with Crippen molar-refractivity contribution in [3.63, 3.8) is 0 Å². The van der Waals surface area contributed by atoms with Crippen molar-refractivity contribution < 1.29 is 18.7 Å². The molecule has 2 aliphatic carbocycles. The first-order chi connectivity index (χ1) is 19.3. The number of aryl methyl sites for hydroxylation is 1. The molecule has 3 aromatic rings. The number of nitrogens with zero attached hydrogens (tertiary/aromatic N) is 1. The minimum absolute atomic E-state index is 0.00555. The third kappa shape index (κ3) is 6.10. The van der Waals surface area contributed by atoms with Gasteiger partial charge in [-0.25, -0.2) is 14.2 Å². The Morgan fingerprint density at radius 2 is 1.93 bits per heavy atom. The summed E-state index contributed by atoms with van der Waals surface area (Å²) in [6.07, 6.45) is 6.68. The topological polar surface area (TPSA) is 76.2 Å². The molecular formula is C33H44FN3O3. The molecule has 0 bridgehead atoms. The monoisotopic (exact) mass is 549 g/mol. The van der Waals surface area contributed by atoms with Crippen LogP contribution in [0.2, 0.25) is 0 Å². The van der Waals surface area contributed by atoms with Gasteiger partial charge in [0.15, 0.2) is 0 Å². The Morgan fingerprint density at radius 1 is 1.15 bits per heavy atom. The number of hydrogen-bond donors (Lipinski definition) is 2. The van der Waals surface area contributed by atoms with Crippen LogP contribution in [-0.2, 0) is 20.7 Å². The summed E-state index contributed by atoms with van der Waals surface area (Å²) in [5, 5.41) is 3.79. The van der Waals surface area contributed by atoms with E-state index < -0.39 is 5.60 Å². The zero-order chi connectivity index (χ0) is 28.3. The van der Waals surface area contributed by atoms with E-state index in [1.165, 1.54) is 13.2 Å². The fraction of sp³-hybridized carbons (Fsp3) is 0.576. The van der Waals surface area contributed by atoms with Gasteiger partial charge in [0.1, 0.15) is 23.8 Å². The lowest BCUT2D eigenvalue weighted by Gasteiger charge is -2.47. The molecule has 7 heteroatoms. The van der Waals surface area contributed by atoms with E-state index in [9.17, 15) is 9.18 Å². The molecule has 1 aromatic heterocycles. The molecule has 5 rings (SSSR count). The summed E-state index contributed by atoms with van der Waals surface area (Å²) in [5.74, 6) is 1.88. The maximum atomic E-state index is 14.0. The van der Waals surface area contributed by atoms with Gasteiger partial charge >= 0.3 is 5.97 Å². The number of fused-ring (bicyclic) bond motifs is 2. The quantitative estimate of drug-likeness (QED) is 0.277. The van der Waals surface area contributed by atoms with E-state index in [1.807, 2.05) is 18.2 Å². The highest BCUT2D eigenvalue weighted by Crippen LogP contribution is 2.48. The SMILES string of the molecule is COCC(=O)O[C@]1(CCNC(C)[C@H]2CC[C@H](c3nc4ccccc4[nH]3)CC2)CCc2cc(F)ccc2[C@@H]1C(C)C. The molecule has 2 aliphatic rings. The lowest BCUT2D eigenvalue weighted by Crippen LogP contribution is -2.49. The number of H-pyrrole nitrogens is 1. The largest absolute Gasteiger partial charge is 0.457 e. The zero-order valence-corrected chi connectivity index (χ0v) is 24.3. The number of ether oxygens (including phenoxy) is 2. The van der Waals surface area contributed by atoms with E-state index in [4.69, 9.17) is 14.5 Å². The molecule has 2 aromatic carbocycles. The number of aromatic amines is 1. The number of halogens is 1. The van der Waals surface area contributed by atoms with E-state index in [1.54, 1.807) is 6.07 Å². The fourth-order valence-electron chi connectivity index (χ4n) is 7.40. The van der Waals surface area contributed by atoms with Crippen LogP contribution in [0.3, 0.4) is 0 Å². The van der Waals surface area contributed by atoms with Crippen molar-refractivity contribution in [1.29, 1.82) is 0 Å². The van der Waals surface area contributed by atoms with Crippen molar-refractivity contribution in [2.24, 2.45) is 11.8 Å². The smallest absolute Gasteiger partial charge is 0.332 e. The molecule has 3 atom stereocenters. The van der Waals surface area contributed by atoms with Crippen LogP contribution in [-0.4, -0.2) is 47.8 Å². The Hall–Kier alpha value is -2.77. The van der Waals surface area contributed by atoms with Gasteiger partial charge in [0, 0.05) is 31.4 Å². The van der Waals surface area contributed by atoms with Gasteiger partial charge in [0.05, 0.1) is 11.0 Å². The average Bonchev–Trinajstić information content (AvgIpc) is 3.37. The fourth-order valence-corrected chi connectivity index (χ4v) is 7.40. The summed E-state index contributed by atoms with van der Waals surface area (Å²) in [6.45, 7) is 7.30. The normalized spacial score (nSPS) is 25.6. The number of imidazole rings is 1. The summed E-state index contributed by atoms with van der Waals surface area (Å²) < 4.78 is 25.4. The number of carbonyl (C=O) groups excluding carboxylic acids is 1. The van der Waals surface area contributed by atoms with Gasteiger partial charge in [-0.3, -0.25) is 0 Å². The Balaban J connectivity index is 1.23.